The Morgan fingerprint density at radius 3 is 1.38 bits per heavy atom. The van der Waals surface area contributed by atoms with E-state index in [9.17, 15) is 9.59 Å². The molecule has 0 heterocycles. The van der Waals surface area contributed by atoms with Gasteiger partial charge in [-0.05, 0) is 23.2 Å². The van der Waals surface area contributed by atoms with Crippen molar-refractivity contribution in [2.24, 2.45) is 0 Å². The highest BCUT2D eigenvalue weighted by molar-refractivity contribution is 6.79. The number of carbonyl (C=O) groups excluding carboxylic acids is 2. The standard InChI is InChI=1S/C4H2Cl2O2/c1-2(3(5)7)4(6)8/h1H2. The topological polar surface area (TPSA) is 34.1 Å². The zero-order valence-electron chi connectivity index (χ0n) is 3.78. The van der Waals surface area contributed by atoms with Crippen molar-refractivity contribution in [1.82, 2.24) is 0 Å². The van der Waals surface area contributed by atoms with E-state index in [0.29, 0.717) is 0 Å². The zero-order chi connectivity index (χ0) is 6.73. The fraction of sp³-hybridized carbons (Fsp3) is 0. The summed E-state index contributed by atoms with van der Waals surface area (Å²) in [5.41, 5.74) is -0.395. The summed E-state index contributed by atoms with van der Waals surface area (Å²) in [4.78, 5) is 19.9. The van der Waals surface area contributed by atoms with Gasteiger partial charge in [0, 0.05) is 0 Å². The van der Waals surface area contributed by atoms with E-state index in [1.807, 2.05) is 0 Å². The first-order valence-corrected chi connectivity index (χ1v) is 2.40. The Kier molecular flexibility index (Phi) is 2.72. The first-order chi connectivity index (χ1) is 3.55. The fourth-order valence-electron chi connectivity index (χ4n) is 0.0773. The van der Waals surface area contributed by atoms with Gasteiger partial charge >= 0.3 is 0 Å². The summed E-state index contributed by atoms with van der Waals surface area (Å²) in [5.74, 6) is 0. The van der Waals surface area contributed by atoms with Gasteiger partial charge in [0.1, 0.15) is 0 Å². The summed E-state index contributed by atoms with van der Waals surface area (Å²) in [6.07, 6.45) is 0. The van der Waals surface area contributed by atoms with Crippen LogP contribution in [0.3, 0.4) is 0 Å². The predicted octanol–water partition coefficient (Wildman–Crippen LogP) is 1.07. The molecular formula is C4H2Cl2O2. The molecule has 0 aromatic rings. The third kappa shape index (κ3) is 2.09. The summed E-state index contributed by atoms with van der Waals surface area (Å²) >= 11 is 9.56. The lowest BCUT2D eigenvalue weighted by molar-refractivity contribution is -0.113. The van der Waals surface area contributed by atoms with Gasteiger partial charge in [0.15, 0.2) is 0 Å². The van der Waals surface area contributed by atoms with Gasteiger partial charge in [0.25, 0.3) is 10.5 Å². The van der Waals surface area contributed by atoms with E-state index in [4.69, 9.17) is 23.2 Å². The van der Waals surface area contributed by atoms with Crippen LogP contribution >= 0.6 is 23.2 Å². The summed E-state index contributed by atoms with van der Waals surface area (Å²) in [6, 6.07) is 0. The Balaban J connectivity index is 4.05. The van der Waals surface area contributed by atoms with E-state index in [-0.39, 0.29) is 0 Å². The van der Waals surface area contributed by atoms with Gasteiger partial charge in [-0.3, -0.25) is 9.59 Å². The van der Waals surface area contributed by atoms with Gasteiger partial charge in [0.05, 0.1) is 5.57 Å². The maximum Gasteiger partial charge on any atom is 0.256 e. The minimum Gasteiger partial charge on any atom is -0.275 e. The summed E-state index contributed by atoms with van der Waals surface area (Å²) in [6.45, 7) is 2.99. The van der Waals surface area contributed by atoms with Crippen LogP contribution in [-0.2, 0) is 9.59 Å². The Morgan fingerprint density at radius 2 is 1.38 bits per heavy atom. The molecule has 2 nitrogen and oxygen atoms in total. The highest BCUT2D eigenvalue weighted by atomic mass is 35.5. The largest absolute Gasteiger partial charge is 0.275 e. The van der Waals surface area contributed by atoms with Gasteiger partial charge in [-0.15, -0.1) is 0 Å². The summed E-state index contributed by atoms with van der Waals surface area (Å²) in [5, 5.41) is -1.82. The molecule has 0 aliphatic carbocycles. The maximum absolute atomic E-state index is 9.95. The van der Waals surface area contributed by atoms with Gasteiger partial charge in [-0.1, -0.05) is 6.58 Å². The van der Waals surface area contributed by atoms with Crippen LogP contribution in [0.25, 0.3) is 0 Å². The number of halogens is 2. The van der Waals surface area contributed by atoms with Crippen molar-refractivity contribution >= 4 is 33.7 Å². The maximum atomic E-state index is 9.95. The number of allylic oxidation sites excluding steroid dienone is 1. The van der Waals surface area contributed by atoms with Crippen LogP contribution in [0.5, 0.6) is 0 Å². The van der Waals surface area contributed by atoms with E-state index in [1.165, 1.54) is 0 Å². The molecule has 0 saturated heterocycles. The molecule has 0 fully saturated rings. The molecule has 0 aliphatic heterocycles. The van der Waals surface area contributed by atoms with E-state index in [0.717, 1.165) is 0 Å². The zero-order valence-corrected chi connectivity index (χ0v) is 5.29. The number of hydrogen-bond acceptors (Lipinski definition) is 2. The van der Waals surface area contributed by atoms with Crippen molar-refractivity contribution in [3.05, 3.63) is 12.2 Å². The summed E-state index contributed by atoms with van der Waals surface area (Å²) in [7, 11) is 0. The molecule has 4 heteroatoms. The lowest BCUT2D eigenvalue weighted by Gasteiger charge is -1.84. The predicted molar refractivity (Wildman–Crippen MR) is 30.9 cm³/mol. The number of rotatable bonds is 2. The van der Waals surface area contributed by atoms with Crippen LogP contribution in [0.4, 0.5) is 0 Å². The quantitative estimate of drug-likeness (QED) is 0.257. The molecule has 0 amide bonds. The van der Waals surface area contributed by atoms with Crippen LogP contribution in [-0.4, -0.2) is 10.5 Å². The minimum atomic E-state index is -0.912. The molecule has 0 N–H and O–H groups in total. The second kappa shape index (κ2) is 2.84. The van der Waals surface area contributed by atoms with E-state index in [2.05, 4.69) is 6.58 Å². The molecule has 0 aromatic heterocycles. The first-order valence-electron chi connectivity index (χ1n) is 1.64. The van der Waals surface area contributed by atoms with Crippen LogP contribution in [0.2, 0.25) is 0 Å². The average Bonchev–Trinajstić information content (AvgIpc) is 1.64. The van der Waals surface area contributed by atoms with Crippen molar-refractivity contribution in [2.75, 3.05) is 0 Å². The van der Waals surface area contributed by atoms with Gasteiger partial charge in [0.2, 0.25) is 0 Å². The third-order valence-electron chi connectivity index (χ3n) is 0.475. The van der Waals surface area contributed by atoms with Crippen LogP contribution < -0.4 is 0 Å². The molecule has 0 spiro atoms. The highest BCUT2D eigenvalue weighted by Crippen LogP contribution is 2.00. The average molecular weight is 153 g/mol. The molecule has 0 aromatic carbocycles. The molecule has 0 atom stereocenters. The smallest absolute Gasteiger partial charge is 0.256 e. The van der Waals surface area contributed by atoms with Crippen LogP contribution in [0.15, 0.2) is 12.2 Å². The van der Waals surface area contributed by atoms with Crippen LogP contribution in [0.1, 0.15) is 0 Å². The molecule has 0 saturated carbocycles. The van der Waals surface area contributed by atoms with E-state index < -0.39 is 16.1 Å². The van der Waals surface area contributed by atoms with Crippen molar-refractivity contribution < 1.29 is 9.59 Å². The lowest BCUT2D eigenvalue weighted by Crippen LogP contribution is -1.98. The number of hydrogen-bond donors (Lipinski definition) is 0. The van der Waals surface area contributed by atoms with E-state index in [1.54, 1.807) is 0 Å². The monoisotopic (exact) mass is 152 g/mol. The minimum absolute atomic E-state index is 0.395. The van der Waals surface area contributed by atoms with Crippen molar-refractivity contribution in [2.45, 2.75) is 0 Å². The third-order valence-corrected chi connectivity index (χ3v) is 0.931. The van der Waals surface area contributed by atoms with E-state index >= 15 is 0 Å². The van der Waals surface area contributed by atoms with Gasteiger partial charge < -0.3 is 0 Å². The Morgan fingerprint density at radius 1 is 1.12 bits per heavy atom. The molecule has 0 rings (SSSR count). The SMILES string of the molecule is C=C(C(=O)Cl)C(=O)Cl. The second-order valence-corrected chi connectivity index (χ2v) is 1.71. The van der Waals surface area contributed by atoms with Crippen molar-refractivity contribution in [1.29, 1.82) is 0 Å². The van der Waals surface area contributed by atoms with Gasteiger partial charge in [-0.2, -0.15) is 0 Å². The number of carbonyl (C=O) groups is 2. The Hall–Kier alpha value is -0.340. The van der Waals surface area contributed by atoms with Crippen LogP contribution in [0, 0.1) is 0 Å². The molecular weight excluding hydrogens is 151 g/mol. The first kappa shape index (κ1) is 7.66. The molecule has 0 unspecified atom stereocenters. The lowest BCUT2D eigenvalue weighted by atomic mass is 10.4. The Bertz CT molecular complexity index is 134. The summed E-state index contributed by atoms with van der Waals surface area (Å²) < 4.78 is 0. The molecule has 0 bridgehead atoms. The van der Waals surface area contributed by atoms with Gasteiger partial charge in [-0.25, -0.2) is 0 Å². The molecule has 0 radical (unpaired) electrons. The molecule has 44 valence electrons. The molecule has 8 heavy (non-hydrogen) atoms. The highest BCUT2D eigenvalue weighted by Gasteiger charge is 2.08. The second-order valence-electron chi connectivity index (χ2n) is 1.03. The normalized spacial score (nSPS) is 8.25. The van der Waals surface area contributed by atoms with Crippen molar-refractivity contribution in [3.8, 4) is 0 Å². The fourth-order valence-corrected chi connectivity index (χ4v) is 0.297. The molecule has 0 aliphatic rings. The Labute approximate surface area is 56.1 Å². The van der Waals surface area contributed by atoms with Crippen molar-refractivity contribution in [3.63, 3.8) is 0 Å².